The van der Waals surface area contributed by atoms with Gasteiger partial charge in [-0.3, -0.25) is 4.98 Å². The number of piperidine rings is 1. The van der Waals surface area contributed by atoms with E-state index < -0.39 is 0 Å². The molecule has 20 heavy (non-hydrogen) atoms. The highest BCUT2D eigenvalue weighted by Crippen LogP contribution is 2.24. The molecule has 0 spiro atoms. The van der Waals surface area contributed by atoms with Gasteiger partial charge in [0.25, 0.3) is 0 Å². The Morgan fingerprint density at radius 1 is 1.25 bits per heavy atom. The van der Waals surface area contributed by atoms with Crippen molar-refractivity contribution in [2.45, 2.75) is 59.0 Å². The van der Waals surface area contributed by atoms with E-state index in [9.17, 15) is 0 Å². The Bertz CT molecular complexity index is 380. The monoisotopic (exact) mass is 276 g/mol. The summed E-state index contributed by atoms with van der Waals surface area (Å²) in [5.41, 5.74) is 1.02. The summed E-state index contributed by atoms with van der Waals surface area (Å²) in [5.74, 6) is 1.95. The van der Waals surface area contributed by atoms with Crippen molar-refractivity contribution in [3.05, 3.63) is 18.1 Å². The molecular formula is C16H28N4. The Kier molecular flexibility index (Phi) is 5.77. The normalized spacial score (nSPS) is 16.9. The van der Waals surface area contributed by atoms with Crippen molar-refractivity contribution >= 4 is 5.82 Å². The highest BCUT2D eigenvalue weighted by atomic mass is 15.2. The molecule has 0 aromatic carbocycles. The van der Waals surface area contributed by atoms with Crippen molar-refractivity contribution in [1.29, 1.82) is 0 Å². The highest BCUT2D eigenvalue weighted by molar-refractivity contribution is 5.36. The van der Waals surface area contributed by atoms with Crippen LogP contribution in [0.4, 0.5) is 5.82 Å². The minimum absolute atomic E-state index is 0.481. The van der Waals surface area contributed by atoms with Gasteiger partial charge < -0.3 is 10.2 Å². The molecule has 1 aromatic heterocycles. The zero-order valence-corrected chi connectivity index (χ0v) is 13.1. The summed E-state index contributed by atoms with van der Waals surface area (Å²) >= 11 is 0. The number of nitrogens with one attached hydrogen (secondary N) is 1. The van der Waals surface area contributed by atoms with Gasteiger partial charge in [0, 0.05) is 25.7 Å². The van der Waals surface area contributed by atoms with E-state index in [-0.39, 0.29) is 0 Å². The fraction of sp³-hybridized carbons (Fsp3) is 0.750. The largest absolute Gasteiger partial charge is 0.355 e. The maximum absolute atomic E-state index is 4.57. The molecule has 1 N–H and O–H groups in total. The van der Waals surface area contributed by atoms with Crippen molar-refractivity contribution in [2.24, 2.45) is 5.92 Å². The van der Waals surface area contributed by atoms with Crippen LogP contribution in [0.3, 0.4) is 0 Å². The molecule has 0 amide bonds. The van der Waals surface area contributed by atoms with Crippen LogP contribution in [-0.2, 0) is 6.54 Å². The van der Waals surface area contributed by atoms with Crippen molar-refractivity contribution in [3.8, 4) is 0 Å². The Morgan fingerprint density at radius 3 is 2.55 bits per heavy atom. The fourth-order valence-corrected chi connectivity index (χ4v) is 2.77. The molecule has 0 radical (unpaired) electrons. The standard InChI is InChI=1S/C16H28N4/c1-4-5-14-6-8-20(9-7-14)16-12-18-15(11-19-16)10-17-13(2)3/h11-14,17H,4-10H2,1-3H3. The molecule has 1 aliphatic heterocycles. The van der Waals surface area contributed by atoms with Crippen molar-refractivity contribution in [1.82, 2.24) is 15.3 Å². The number of rotatable bonds is 6. The van der Waals surface area contributed by atoms with E-state index in [1.54, 1.807) is 0 Å². The molecule has 0 aliphatic carbocycles. The van der Waals surface area contributed by atoms with Gasteiger partial charge in [0.05, 0.1) is 18.1 Å². The van der Waals surface area contributed by atoms with Crippen LogP contribution in [0.1, 0.15) is 52.1 Å². The SMILES string of the molecule is CCCC1CCN(c2cnc(CNC(C)C)cn2)CC1. The maximum Gasteiger partial charge on any atom is 0.147 e. The lowest BCUT2D eigenvalue weighted by Gasteiger charge is -2.32. The van der Waals surface area contributed by atoms with Crippen LogP contribution in [0.5, 0.6) is 0 Å². The summed E-state index contributed by atoms with van der Waals surface area (Å²) in [5, 5.41) is 3.36. The minimum atomic E-state index is 0.481. The van der Waals surface area contributed by atoms with Crippen LogP contribution in [0.2, 0.25) is 0 Å². The molecular weight excluding hydrogens is 248 g/mol. The predicted molar refractivity (Wildman–Crippen MR) is 83.9 cm³/mol. The first-order valence-corrected chi connectivity index (χ1v) is 7.98. The van der Waals surface area contributed by atoms with E-state index in [1.807, 2.05) is 12.4 Å². The number of aromatic nitrogens is 2. The fourth-order valence-electron chi connectivity index (χ4n) is 2.77. The number of hydrogen-bond donors (Lipinski definition) is 1. The van der Waals surface area contributed by atoms with Crippen LogP contribution >= 0.6 is 0 Å². The second kappa shape index (κ2) is 7.58. The van der Waals surface area contributed by atoms with Gasteiger partial charge in [-0.2, -0.15) is 0 Å². The van der Waals surface area contributed by atoms with Gasteiger partial charge in [-0.05, 0) is 18.8 Å². The van der Waals surface area contributed by atoms with Crippen LogP contribution in [-0.4, -0.2) is 29.1 Å². The van der Waals surface area contributed by atoms with E-state index in [2.05, 4.69) is 41.0 Å². The van der Waals surface area contributed by atoms with Crippen LogP contribution < -0.4 is 10.2 Å². The molecule has 2 heterocycles. The Balaban J connectivity index is 1.84. The molecule has 1 saturated heterocycles. The van der Waals surface area contributed by atoms with Gasteiger partial charge in [0.2, 0.25) is 0 Å². The molecule has 0 atom stereocenters. The molecule has 0 unspecified atom stereocenters. The van der Waals surface area contributed by atoms with E-state index in [4.69, 9.17) is 0 Å². The topological polar surface area (TPSA) is 41.1 Å². The summed E-state index contributed by atoms with van der Waals surface area (Å²) in [6.45, 7) is 9.61. The zero-order chi connectivity index (χ0) is 14.4. The lowest BCUT2D eigenvalue weighted by molar-refractivity contribution is 0.377. The first-order valence-electron chi connectivity index (χ1n) is 7.98. The second-order valence-corrected chi connectivity index (χ2v) is 6.12. The molecule has 112 valence electrons. The van der Waals surface area contributed by atoms with Crippen LogP contribution in [0.25, 0.3) is 0 Å². The lowest BCUT2D eigenvalue weighted by Crippen LogP contribution is -2.34. The maximum atomic E-state index is 4.57. The summed E-state index contributed by atoms with van der Waals surface area (Å²) < 4.78 is 0. The molecule has 1 fully saturated rings. The summed E-state index contributed by atoms with van der Waals surface area (Å²) in [4.78, 5) is 11.5. The van der Waals surface area contributed by atoms with E-state index in [0.29, 0.717) is 6.04 Å². The first kappa shape index (κ1) is 15.2. The van der Waals surface area contributed by atoms with Gasteiger partial charge in [0.1, 0.15) is 5.82 Å². The first-order chi connectivity index (χ1) is 9.69. The van der Waals surface area contributed by atoms with Gasteiger partial charge in [-0.15, -0.1) is 0 Å². The Morgan fingerprint density at radius 2 is 2.00 bits per heavy atom. The third-order valence-corrected chi connectivity index (χ3v) is 4.02. The van der Waals surface area contributed by atoms with E-state index >= 15 is 0 Å². The van der Waals surface area contributed by atoms with Crippen molar-refractivity contribution in [3.63, 3.8) is 0 Å². The summed E-state index contributed by atoms with van der Waals surface area (Å²) in [6.07, 6.45) is 9.11. The summed E-state index contributed by atoms with van der Waals surface area (Å²) in [6, 6.07) is 0.481. The smallest absolute Gasteiger partial charge is 0.147 e. The molecule has 4 nitrogen and oxygen atoms in total. The highest BCUT2D eigenvalue weighted by Gasteiger charge is 2.19. The molecule has 0 bridgehead atoms. The van der Waals surface area contributed by atoms with Gasteiger partial charge in [-0.1, -0.05) is 33.6 Å². The van der Waals surface area contributed by atoms with Crippen molar-refractivity contribution in [2.75, 3.05) is 18.0 Å². The number of anilines is 1. The molecule has 1 aromatic rings. The van der Waals surface area contributed by atoms with Crippen LogP contribution in [0.15, 0.2) is 12.4 Å². The van der Waals surface area contributed by atoms with Gasteiger partial charge >= 0.3 is 0 Å². The molecule has 2 rings (SSSR count). The van der Waals surface area contributed by atoms with Gasteiger partial charge in [0.15, 0.2) is 0 Å². The quantitative estimate of drug-likeness (QED) is 0.867. The lowest BCUT2D eigenvalue weighted by atomic mass is 9.92. The average Bonchev–Trinajstić information content (AvgIpc) is 2.47. The average molecular weight is 276 g/mol. The number of hydrogen-bond acceptors (Lipinski definition) is 4. The van der Waals surface area contributed by atoms with Crippen molar-refractivity contribution < 1.29 is 0 Å². The second-order valence-electron chi connectivity index (χ2n) is 6.12. The summed E-state index contributed by atoms with van der Waals surface area (Å²) in [7, 11) is 0. The molecule has 0 saturated carbocycles. The third-order valence-electron chi connectivity index (χ3n) is 4.02. The molecule has 1 aliphatic rings. The number of nitrogens with zero attached hydrogens (tertiary/aromatic N) is 3. The van der Waals surface area contributed by atoms with Gasteiger partial charge in [-0.25, -0.2) is 4.98 Å². The predicted octanol–water partition coefficient (Wildman–Crippen LogP) is 2.99. The van der Waals surface area contributed by atoms with Crippen LogP contribution in [0, 0.1) is 5.92 Å². The Labute approximate surface area is 123 Å². The Hall–Kier alpha value is -1.16. The third kappa shape index (κ3) is 4.44. The molecule has 4 heteroatoms. The van der Waals surface area contributed by atoms with E-state index in [0.717, 1.165) is 37.1 Å². The van der Waals surface area contributed by atoms with E-state index in [1.165, 1.54) is 25.7 Å². The minimum Gasteiger partial charge on any atom is -0.355 e. The zero-order valence-electron chi connectivity index (χ0n) is 13.1.